The minimum atomic E-state index is 0.706. The van der Waals surface area contributed by atoms with Gasteiger partial charge < -0.3 is 14.6 Å². The van der Waals surface area contributed by atoms with E-state index in [-0.39, 0.29) is 0 Å². The van der Waals surface area contributed by atoms with E-state index in [9.17, 15) is 0 Å². The molecule has 2 aromatic carbocycles. The van der Waals surface area contributed by atoms with Crippen molar-refractivity contribution in [3.63, 3.8) is 0 Å². The van der Waals surface area contributed by atoms with E-state index in [1.165, 1.54) is 4.90 Å². The maximum absolute atomic E-state index is 5.99. The Labute approximate surface area is 173 Å². The zero-order valence-electron chi connectivity index (χ0n) is 16.5. The van der Waals surface area contributed by atoms with E-state index >= 15 is 0 Å². The number of fused-ring (bicyclic) bond motifs is 1. The Balaban J connectivity index is 1.58. The molecule has 1 N–H and O–H groups in total. The second-order valence-electron chi connectivity index (χ2n) is 6.40. The number of aliphatic imine (C=N–C) groups is 1. The quantitative estimate of drug-likeness (QED) is 0.351. The molecule has 0 aliphatic rings. The van der Waals surface area contributed by atoms with Gasteiger partial charge in [0, 0.05) is 49.2 Å². The van der Waals surface area contributed by atoms with Gasteiger partial charge in [0.05, 0.1) is 16.7 Å². The highest BCUT2D eigenvalue weighted by Gasteiger charge is 2.10. The Hall–Kier alpha value is -3.32. The lowest BCUT2D eigenvalue weighted by Gasteiger charge is -2.07. The van der Waals surface area contributed by atoms with Gasteiger partial charge in [0.2, 0.25) is 5.95 Å². The van der Waals surface area contributed by atoms with Gasteiger partial charge in [-0.2, -0.15) is 0 Å². The molecule has 0 unspecified atom stereocenters. The van der Waals surface area contributed by atoms with Crippen LogP contribution in [0.4, 0.5) is 11.6 Å². The summed E-state index contributed by atoms with van der Waals surface area (Å²) in [5.74, 6) is 2.20. The van der Waals surface area contributed by atoms with Crippen LogP contribution in [0, 0.1) is 0 Å². The Bertz CT molecular complexity index is 1170. The lowest BCUT2D eigenvalue weighted by Crippen LogP contribution is -1.98. The molecule has 146 valence electrons. The molecule has 0 saturated heterocycles. The summed E-state index contributed by atoms with van der Waals surface area (Å²) in [6.07, 6.45) is 5.46. The summed E-state index contributed by atoms with van der Waals surface area (Å²) in [6, 6.07) is 17.8. The first kappa shape index (κ1) is 19.0. The number of nitrogens with one attached hydrogen (secondary N) is 1. The molecule has 0 fully saturated rings. The molecule has 0 amide bonds. The number of pyridine rings is 1. The lowest BCUT2D eigenvalue weighted by molar-refractivity contribution is 0.482. The summed E-state index contributed by atoms with van der Waals surface area (Å²) in [5, 5.41) is 3.38. The largest absolute Gasteiger partial charge is 0.457 e. The fourth-order valence-electron chi connectivity index (χ4n) is 2.99. The van der Waals surface area contributed by atoms with Crippen molar-refractivity contribution >= 4 is 40.6 Å². The molecule has 0 aliphatic carbocycles. The van der Waals surface area contributed by atoms with Gasteiger partial charge in [-0.3, -0.25) is 9.98 Å². The van der Waals surface area contributed by atoms with Crippen molar-refractivity contribution in [3.05, 3.63) is 66.5 Å². The van der Waals surface area contributed by atoms with Crippen LogP contribution in [-0.2, 0) is 7.05 Å². The number of aryl methyl sites for hydroxylation is 1. The molecule has 0 bridgehead atoms. The first-order valence-corrected chi connectivity index (χ1v) is 10.3. The predicted octanol–water partition coefficient (Wildman–Crippen LogP) is 5.27. The number of aromatic nitrogens is 3. The Morgan fingerprint density at radius 2 is 1.86 bits per heavy atom. The molecule has 29 heavy (non-hydrogen) atoms. The molecular formula is C22H21N5OS. The van der Waals surface area contributed by atoms with Crippen LogP contribution in [-0.4, -0.2) is 34.1 Å². The molecule has 0 spiro atoms. The Kier molecular flexibility index (Phi) is 5.48. The second kappa shape index (κ2) is 8.36. The third-order valence-corrected chi connectivity index (χ3v) is 5.19. The molecule has 7 heteroatoms. The van der Waals surface area contributed by atoms with E-state index in [0.717, 1.165) is 34.1 Å². The number of anilines is 2. The van der Waals surface area contributed by atoms with Crippen molar-refractivity contribution in [1.82, 2.24) is 14.5 Å². The summed E-state index contributed by atoms with van der Waals surface area (Å²) in [4.78, 5) is 14.2. The zero-order chi connectivity index (χ0) is 20.2. The van der Waals surface area contributed by atoms with Crippen LogP contribution < -0.4 is 10.1 Å². The smallest absolute Gasteiger partial charge is 0.208 e. The van der Waals surface area contributed by atoms with Gasteiger partial charge in [0.25, 0.3) is 0 Å². The summed E-state index contributed by atoms with van der Waals surface area (Å²) in [6.45, 7) is 0. The van der Waals surface area contributed by atoms with Crippen molar-refractivity contribution in [2.75, 3.05) is 18.6 Å². The van der Waals surface area contributed by atoms with Gasteiger partial charge >= 0.3 is 0 Å². The van der Waals surface area contributed by atoms with E-state index in [4.69, 9.17) is 9.72 Å². The van der Waals surface area contributed by atoms with Crippen LogP contribution in [0.5, 0.6) is 11.5 Å². The average Bonchev–Trinajstić information content (AvgIpc) is 3.04. The summed E-state index contributed by atoms with van der Waals surface area (Å²) in [5.41, 5.74) is 3.63. The number of hydrogen-bond donors (Lipinski definition) is 1. The van der Waals surface area contributed by atoms with Crippen LogP contribution in [0.2, 0.25) is 0 Å². The number of ether oxygens (including phenoxy) is 1. The normalized spacial score (nSPS) is 11.3. The number of nitrogens with zero attached hydrogens (tertiary/aromatic N) is 4. The first-order valence-electron chi connectivity index (χ1n) is 9.10. The van der Waals surface area contributed by atoms with Crippen LogP contribution in [0.25, 0.3) is 11.0 Å². The monoisotopic (exact) mass is 403 g/mol. The number of imidazole rings is 1. The molecule has 2 heterocycles. The molecule has 0 saturated carbocycles. The van der Waals surface area contributed by atoms with Crippen molar-refractivity contribution in [2.45, 2.75) is 4.90 Å². The van der Waals surface area contributed by atoms with Gasteiger partial charge in [-0.05, 0) is 48.7 Å². The average molecular weight is 404 g/mol. The minimum Gasteiger partial charge on any atom is -0.457 e. The Morgan fingerprint density at radius 1 is 1.07 bits per heavy atom. The number of thioether (sulfide) groups is 1. The van der Waals surface area contributed by atoms with E-state index in [0.29, 0.717) is 5.75 Å². The third-order valence-electron chi connectivity index (χ3n) is 4.45. The van der Waals surface area contributed by atoms with E-state index in [2.05, 4.69) is 45.8 Å². The van der Waals surface area contributed by atoms with Gasteiger partial charge in [-0.15, -0.1) is 11.8 Å². The standard InChI is InChI=1S/C22H21N5OS/c1-23-14-16-12-18(10-11-24-16)28-17-6-9-21-20(13-17)26-22(27(21)2)25-15-4-7-19(29-3)8-5-15/h4-14H,1-3H3,(H,25,26)/b23-14-. The third kappa shape index (κ3) is 4.25. The zero-order valence-corrected chi connectivity index (χ0v) is 17.3. The second-order valence-corrected chi connectivity index (χ2v) is 7.28. The minimum absolute atomic E-state index is 0.706. The van der Waals surface area contributed by atoms with E-state index in [1.807, 2.05) is 41.9 Å². The molecular weight excluding hydrogens is 382 g/mol. The predicted molar refractivity (Wildman–Crippen MR) is 120 cm³/mol. The van der Waals surface area contributed by atoms with Crippen molar-refractivity contribution in [3.8, 4) is 11.5 Å². The van der Waals surface area contributed by atoms with Gasteiger partial charge in [0.1, 0.15) is 11.5 Å². The summed E-state index contributed by atoms with van der Waals surface area (Å²) >= 11 is 1.72. The van der Waals surface area contributed by atoms with Crippen molar-refractivity contribution in [1.29, 1.82) is 0 Å². The molecule has 0 radical (unpaired) electrons. The van der Waals surface area contributed by atoms with Crippen molar-refractivity contribution in [2.24, 2.45) is 12.0 Å². The van der Waals surface area contributed by atoms with E-state index < -0.39 is 0 Å². The molecule has 2 aromatic heterocycles. The highest BCUT2D eigenvalue weighted by molar-refractivity contribution is 7.98. The lowest BCUT2D eigenvalue weighted by atomic mass is 10.3. The fraction of sp³-hybridized carbons (Fsp3) is 0.136. The molecule has 0 aliphatic heterocycles. The maximum atomic E-state index is 5.99. The van der Waals surface area contributed by atoms with Gasteiger partial charge in [0.15, 0.2) is 0 Å². The molecule has 4 rings (SSSR count). The van der Waals surface area contributed by atoms with Crippen molar-refractivity contribution < 1.29 is 4.74 Å². The molecule has 4 aromatic rings. The van der Waals surface area contributed by atoms with Gasteiger partial charge in [-0.1, -0.05) is 0 Å². The van der Waals surface area contributed by atoms with E-state index in [1.54, 1.807) is 31.2 Å². The summed E-state index contributed by atoms with van der Waals surface area (Å²) in [7, 11) is 3.71. The first-order chi connectivity index (χ1) is 14.2. The van der Waals surface area contributed by atoms with Crippen LogP contribution >= 0.6 is 11.8 Å². The van der Waals surface area contributed by atoms with Crippen LogP contribution in [0.3, 0.4) is 0 Å². The SMILES string of the molecule is C/N=C\c1cc(Oc2ccc3c(c2)nc(Nc2ccc(SC)cc2)n3C)ccn1. The van der Waals surface area contributed by atoms with Crippen LogP contribution in [0.1, 0.15) is 5.69 Å². The van der Waals surface area contributed by atoms with Gasteiger partial charge in [-0.25, -0.2) is 4.98 Å². The topological polar surface area (TPSA) is 64.3 Å². The molecule has 0 atom stereocenters. The van der Waals surface area contributed by atoms with Crippen LogP contribution in [0.15, 0.2) is 70.7 Å². The number of hydrogen-bond acceptors (Lipinski definition) is 6. The number of benzene rings is 2. The fourth-order valence-corrected chi connectivity index (χ4v) is 3.40. The Morgan fingerprint density at radius 3 is 2.62 bits per heavy atom. The highest BCUT2D eigenvalue weighted by Crippen LogP contribution is 2.28. The summed E-state index contributed by atoms with van der Waals surface area (Å²) < 4.78 is 8.02. The maximum Gasteiger partial charge on any atom is 0.208 e. The number of rotatable bonds is 6. The highest BCUT2D eigenvalue weighted by atomic mass is 32.2. The molecule has 6 nitrogen and oxygen atoms in total.